The molecular weight excluding hydrogens is 522 g/mol. The van der Waals surface area contributed by atoms with E-state index in [1.807, 2.05) is 13.8 Å². The van der Waals surface area contributed by atoms with Crippen LogP contribution in [0.2, 0.25) is 0 Å². The molecule has 1 saturated heterocycles. The Labute approximate surface area is 232 Å². The summed E-state index contributed by atoms with van der Waals surface area (Å²) in [6, 6.07) is 11.7. The van der Waals surface area contributed by atoms with E-state index >= 15 is 0 Å². The average Bonchev–Trinajstić information content (AvgIpc) is 3.34. The summed E-state index contributed by atoms with van der Waals surface area (Å²) < 4.78 is 50.4. The molecule has 0 radical (unpaired) electrons. The first kappa shape index (κ1) is 30.7. The molecule has 39 heavy (non-hydrogen) atoms. The maximum atomic E-state index is 13.6. The van der Waals surface area contributed by atoms with E-state index in [0.29, 0.717) is 67.6 Å². The number of carbonyl (C=O) groups excluding carboxylic acids is 1. The minimum Gasteiger partial charge on any atom is -0.497 e. The Morgan fingerprint density at radius 1 is 1.05 bits per heavy atom. The van der Waals surface area contributed by atoms with Crippen LogP contribution in [0.5, 0.6) is 17.2 Å². The van der Waals surface area contributed by atoms with Crippen molar-refractivity contribution < 1.29 is 32.2 Å². The molecule has 0 aromatic heterocycles. The summed E-state index contributed by atoms with van der Waals surface area (Å²) in [4.78, 5) is 15.4. The van der Waals surface area contributed by atoms with Crippen LogP contribution in [0.1, 0.15) is 36.2 Å². The Morgan fingerprint density at radius 2 is 1.85 bits per heavy atom. The van der Waals surface area contributed by atoms with Crippen molar-refractivity contribution in [3.8, 4) is 17.2 Å². The van der Waals surface area contributed by atoms with E-state index in [2.05, 4.69) is 10.0 Å². The number of benzene rings is 2. The van der Waals surface area contributed by atoms with Gasteiger partial charge in [0.1, 0.15) is 5.75 Å². The van der Waals surface area contributed by atoms with Crippen LogP contribution in [0.15, 0.2) is 42.5 Å². The first-order valence-corrected chi connectivity index (χ1v) is 14.8. The van der Waals surface area contributed by atoms with Crippen molar-refractivity contribution in [1.29, 1.82) is 0 Å². The van der Waals surface area contributed by atoms with E-state index in [9.17, 15) is 13.2 Å². The summed E-state index contributed by atoms with van der Waals surface area (Å²) in [6.07, 6.45) is 0.708. The van der Waals surface area contributed by atoms with Crippen LogP contribution in [-0.2, 0) is 20.5 Å². The van der Waals surface area contributed by atoms with E-state index in [-0.39, 0.29) is 29.7 Å². The smallest absolute Gasteiger partial charge is 0.254 e. The number of sulfonamides is 1. The maximum absolute atomic E-state index is 13.6. The average molecular weight is 564 g/mol. The third-order valence-electron chi connectivity index (χ3n) is 6.64. The first-order valence-electron chi connectivity index (χ1n) is 13.1. The van der Waals surface area contributed by atoms with Gasteiger partial charge in [-0.05, 0) is 49.7 Å². The Bertz CT molecular complexity index is 1190. The predicted molar refractivity (Wildman–Crippen MR) is 150 cm³/mol. The molecule has 2 atom stereocenters. The Hall–Kier alpha value is -2.86. The number of hydrogen-bond acceptors (Lipinski definition) is 8. The quantitative estimate of drug-likeness (QED) is 0.318. The van der Waals surface area contributed by atoms with Gasteiger partial charge in [0.05, 0.1) is 26.6 Å². The largest absolute Gasteiger partial charge is 0.497 e. The van der Waals surface area contributed by atoms with Gasteiger partial charge in [0.25, 0.3) is 5.91 Å². The molecule has 216 valence electrons. The normalized spacial score (nSPS) is 17.3. The molecule has 2 aromatic rings. The summed E-state index contributed by atoms with van der Waals surface area (Å²) >= 11 is 0. The number of ether oxygens (including phenoxy) is 4. The van der Waals surface area contributed by atoms with Crippen molar-refractivity contribution in [2.45, 2.75) is 38.1 Å². The number of carbonyl (C=O) groups is 1. The van der Waals surface area contributed by atoms with Gasteiger partial charge in [0, 0.05) is 63.3 Å². The fourth-order valence-electron chi connectivity index (χ4n) is 4.57. The number of nitrogens with zero attached hydrogens (tertiary/aromatic N) is 1. The third kappa shape index (κ3) is 8.82. The third-order valence-corrected chi connectivity index (χ3v) is 8.01. The highest BCUT2D eigenvalue weighted by molar-refractivity contribution is 7.88. The lowest BCUT2D eigenvalue weighted by molar-refractivity contribution is 0.0671. The van der Waals surface area contributed by atoms with Gasteiger partial charge in [-0.3, -0.25) is 4.79 Å². The fraction of sp³-hybridized carbons (Fsp3) is 0.536. The highest BCUT2D eigenvalue weighted by Crippen LogP contribution is 2.29. The summed E-state index contributed by atoms with van der Waals surface area (Å²) in [5.41, 5.74) is 1.12. The lowest BCUT2D eigenvalue weighted by atomic mass is 10.0. The molecule has 0 unspecified atom stereocenters. The number of nitrogens with one attached hydrogen (secondary N) is 2. The minimum absolute atomic E-state index is 0.0969. The molecular formula is C28H41N3O7S. The number of methoxy groups -OCH3 is 3. The summed E-state index contributed by atoms with van der Waals surface area (Å²) in [7, 11) is 1.12. The number of hydrogen-bond donors (Lipinski definition) is 2. The minimum atomic E-state index is -3.62. The van der Waals surface area contributed by atoms with E-state index in [4.69, 9.17) is 18.9 Å². The van der Waals surface area contributed by atoms with E-state index in [0.717, 1.165) is 0 Å². The van der Waals surface area contributed by atoms with Gasteiger partial charge in [-0.2, -0.15) is 0 Å². The van der Waals surface area contributed by atoms with Gasteiger partial charge in [0.2, 0.25) is 10.0 Å². The van der Waals surface area contributed by atoms with Crippen molar-refractivity contribution >= 4 is 15.9 Å². The molecule has 1 heterocycles. The molecule has 2 N–H and O–H groups in total. The second kappa shape index (κ2) is 14.5. The van der Waals surface area contributed by atoms with Crippen molar-refractivity contribution in [1.82, 2.24) is 14.9 Å². The molecule has 0 bridgehead atoms. The standard InChI is InChI=1S/C28H41N3O7S/c1-20(2)31(28(32)22-10-11-26(37-5)27(15-22)38-13-7-12-35-3)18-23-16-29-17-25(23)30-39(33,34)19-21-8-6-9-24(14-21)36-4/h6,8-11,14-15,20,23,25,29-30H,7,12-13,16-19H2,1-5H3/t23-,25+/m0/s1. The van der Waals surface area contributed by atoms with Crippen LogP contribution in [0.3, 0.4) is 0 Å². The molecule has 0 aliphatic carbocycles. The van der Waals surface area contributed by atoms with E-state index in [1.54, 1.807) is 68.7 Å². The SMILES string of the molecule is COCCCOc1cc(C(=O)N(C[C@@H]2CNC[C@H]2NS(=O)(=O)Cc2cccc(OC)c2)C(C)C)ccc1OC. The lowest BCUT2D eigenvalue weighted by Gasteiger charge is -2.32. The second-order valence-electron chi connectivity index (χ2n) is 9.87. The molecule has 2 aromatic carbocycles. The summed E-state index contributed by atoms with van der Waals surface area (Å²) in [5.74, 6) is 1.24. The number of rotatable bonds is 15. The topological polar surface area (TPSA) is 115 Å². The van der Waals surface area contributed by atoms with Crippen molar-refractivity contribution in [3.63, 3.8) is 0 Å². The van der Waals surface area contributed by atoms with Crippen molar-refractivity contribution in [2.75, 3.05) is 54.2 Å². The second-order valence-corrected chi connectivity index (χ2v) is 11.6. The van der Waals surface area contributed by atoms with Crippen LogP contribution >= 0.6 is 0 Å². The molecule has 11 heteroatoms. The highest BCUT2D eigenvalue weighted by Gasteiger charge is 2.34. The zero-order chi connectivity index (χ0) is 28.4. The maximum Gasteiger partial charge on any atom is 0.254 e. The van der Waals surface area contributed by atoms with E-state index < -0.39 is 10.0 Å². The van der Waals surface area contributed by atoms with E-state index in [1.165, 1.54) is 0 Å². The monoisotopic (exact) mass is 563 g/mol. The Morgan fingerprint density at radius 3 is 2.54 bits per heavy atom. The van der Waals surface area contributed by atoms with Crippen LogP contribution in [0.4, 0.5) is 0 Å². The summed E-state index contributed by atoms with van der Waals surface area (Å²) in [6.45, 7) is 6.39. The van der Waals surface area contributed by atoms with Gasteiger partial charge >= 0.3 is 0 Å². The Kier molecular flexibility index (Phi) is 11.4. The zero-order valence-electron chi connectivity index (χ0n) is 23.4. The molecule has 0 saturated carbocycles. The lowest BCUT2D eigenvalue weighted by Crippen LogP contribution is -2.47. The summed E-state index contributed by atoms with van der Waals surface area (Å²) in [5, 5.41) is 3.28. The highest BCUT2D eigenvalue weighted by atomic mass is 32.2. The van der Waals surface area contributed by atoms with Crippen LogP contribution < -0.4 is 24.2 Å². The Balaban J connectivity index is 1.71. The molecule has 0 spiro atoms. The molecule has 1 amide bonds. The van der Waals surface area contributed by atoms with Crippen LogP contribution in [-0.4, -0.2) is 85.5 Å². The fourth-order valence-corrected chi connectivity index (χ4v) is 6.01. The predicted octanol–water partition coefficient (Wildman–Crippen LogP) is 2.68. The van der Waals surface area contributed by atoms with Gasteiger partial charge in [0.15, 0.2) is 11.5 Å². The zero-order valence-corrected chi connectivity index (χ0v) is 24.3. The van der Waals surface area contributed by atoms with Crippen molar-refractivity contribution in [3.05, 3.63) is 53.6 Å². The molecule has 1 aliphatic heterocycles. The first-order chi connectivity index (χ1) is 18.7. The van der Waals surface area contributed by atoms with Crippen LogP contribution in [0.25, 0.3) is 0 Å². The van der Waals surface area contributed by atoms with Crippen molar-refractivity contribution in [2.24, 2.45) is 5.92 Å². The van der Waals surface area contributed by atoms with Gasteiger partial charge in [-0.25, -0.2) is 13.1 Å². The molecule has 3 rings (SSSR count). The molecule has 1 aliphatic rings. The molecule has 1 fully saturated rings. The number of amides is 1. The van der Waals surface area contributed by atoms with Crippen LogP contribution in [0, 0.1) is 5.92 Å². The van der Waals surface area contributed by atoms with Gasteiger partial charge in [-0.1, -0.05) is 12.1 Å². The molecule has 10 nitrogen and oxygen atoms in total. The van der Waals surface area contributed by atoms with Gasteiger partial charge in [-0.15, -0.1) is 0 Å². The van der Waals surface area contributed by atoms with Gasteiger partial charge < -0.3 is 29.2 Å².